The van der Waals surface area contributed by atoms with Crippen molar-refractivity contribution < 1.29 is 4.39 Å². The van der Waals surface area contributed by atoms with E-state index in [4.69, 9.17) is 0 Å². The van der Waals surface area contributed by atoms with Crippen molar-refractivity contribution in [1.29, 1.82) is 0 Å². The highest BCUT2D eigenvalue weighted by atomic mass is 19.1. The van der Waals surface area contributed by atoms with Gasteiger partial charge in [0.15, 0.2) is 0 Å². The molecule has 0 fully saturated rings. The van der Waals surface area contributed by atoms with Crippen LogP contribution >= 0.6 is 0 Å². The third kappa shape index (κ3) is 5.62. The molecule has 0 spiro atoms. The van der Waals surface area contributed by atoms with Gasteiger partial charge in [-0.05, 0) is 76.7 Å². The molecule has 6 nitrogen and oxygen atoms in total. The van der Waals surface area contributed by atoms with Crippen molar-refractivity contribution >= 4 is 28.8 Å². The fraction of sp³-hybridized carbons (Fsp3) is 0.0882. The molecule has 0 saturated heterocycles. The van der Waals surface area contributed by atoms with Crippen molar-refractivity contribution in [2.45, 2.75) is 20.0 Å². The second kappa shape index (κ2) is 11.5. The minimum absolute atomic E-state index is 0.278. The molecule has 0 radical (unpaired) electrons. The van der Waals surface area contributed by atoms with E-state index in [-0.39, 0.29) is 5.82 Å². The maximum atomic E-state index is 14.0. The number of fused-ring (bicyclic) bond motifs is 1. The van der Waals surface area contributed by atoms with E-state index in [1.807, 2.05) is 67.9 Å². The molecule has 41 heavy (non-hydrogen) atoms. The lowest BCUT2D eigenvalue weighted by atomic mass is 10.0. The molecule has 0 saturated carbocycles. The summed E-state index contributed by atoms with van der Waals surface area (Å²) in [5.74, 6) is -0.278. The molecular formula is C34H29FN6. The Labute approximate surface area is 237 Å². The average molecular weight is 541 g/mol. The van der Waals surface area contributed by atoms with Crippen LogP contribution in [0.2, 0.25) is 0 Å². The van der Waals surface area contributed by atoms with Gasteiger partial charge >= 0.3 is 0 Å². The number of nitrogens with zero attached hydrogens (tertiary/aromatic N) is 3. The molecule has 0 aliphatic heterocycles. The van der Waals surface area contributed by atoms with E-state index in [0.29, 0.717) is 12.2 Å². The molecule has 2 aromatic carbocycles. The highest BCUT2D eigenvalue weighted by Gasteiger charge is 2.14. The third-order valence-corrected chi connectivity index (χ3v) is 7.03. The number of allylic oxidation sites excluding steroid dienone is 1. The Bertz CT molecular complexity index is 1970. The smallest absolute Gasteiger partial charge is 0.138 e. The number of rotatable bonds is 8. The molecule has 0 unspecified atom stereocenters. The monoisotopic (exact) mass is 540 g/mol. The second-order valence-corrected chi connectivity index (χ2v) is 9.84. The number of aromatic amines is 2. The number of hydrogen-bond acceptors (Lipinski definition) is 4. The first-order valence-electron chi connectivity index (χ1n) is 13.4. The minimum atomic E-state index is -0.278. The van der Waals surface area contributed by atoms with E-state index < -0.39 is 0 Å². The number of aromatic nitrogens is 5. The number of H-pyrrole nitrogens is 2. The SMILES string of the molecule is C=C(/C=c1/c(-c2cc3c(-c4cccc(F)c4)ccnc3[nH]2)n[nH]/c1=C/C)c1cncc(CNCc2ccccc2)c1. The quantitative estimate of drug-likeness (QED) is 0.230. The molecule has 6 aromatic rings. The summed E-state index contributed by atoms with van der Waals surface area (Å²) in [4.78, 5) is 12.4. The minimum Gasteiger partial charge on any atom is -0.338 e. The largest absolute Gasteiger partial charge is 0.338 e. The standard InChI is InChI=1S/C34H29FN6/c1-3-31-30(14-22(2)26-15-24(20-37-21-26)19-36-18-23-8-5-4-6-9-23)33(41-40-31)32-17-29-28(12-13-38-34(29)39-32)25-10-7-11-27(35)16-25/h3-17,20-21,36,40H,2,18-19H2,1H3,(H,38,39)/b30-14+,31-3+. The fourth-order valence-electron chi connectivity index (χ4n) is 4.96. The lowest BCUT2D eigenvalue weighted by molar-refractivity contribution is 0.628. The van der Waals surface area contributed by atoms with Crippen LogP contribution in [-0.2, 0) is 13.1 Å². The molecule has 0 aliphatic rings. The van der Waals surface area contributed by atoms with Crippen molar-refractivity contribution in [2.75, 3.05) is 0 Å². The van der Waals surface area contributed by atoms with Gasteiger partial charge < -0.3 is 10.3 Å². The van der Waals surface area contributed by atoms with Gasteiger partial charge in [-0.1, -0.05) is 55.1 Å². The van der Waals surface area contributed by atoms with Crippen LogP contribution in [-0.4, -0.2) is 25.1 Å². The maximum absolute atomic E-state index is 14.0. The van der Waals surface area contributed by atoms with Crippen LogP contribution in [0.15, 0.2) is 98.0 Å². The molecule has 0 aliphatic carbocycles. The van der Waals surface area contributed by atoms with Gasteiger partial charge in [0.05, 0.1) is 11.0 Å². The first-order valence-corrected chi connectivity index (χ1v) is 13.4. The van der Waals surface area contributed by atoms with Gasteiger partial charge in [-0.15, -0.1) is 0 Å². The summed E-state index contributed by atoms with van der Waals surface area (Å²) in [6.07, 6.45) is 9.43. The van der Waals surface area contributed by atoms with Gasteiger partial charge in [0, 0.05) is 42.3 Å². The highest BCUT2D eigenvalue weighted by Crippen LogP contribution is 2.30. The molecule has 3 N–H and O–H groups in total. The Morgan fingerprint density at radius 3 is 2.66 bits per heavy atom. The predicted octanol–water partition coefficient (Wildman–Crippen LogP) is 5.74. The van der Waals surface area contributed by atoms with Crippen LogP contribution in [0, 0.1) is 5.82 Å². The molecule has 0 amide bonds. The number of hydrogen-bond donors (Lipinski definition) is 3. The molecular weight excluding hydrogens is 511 g/mol. The lowest BCUT2D eigenvalue weighted by Crippen LogP contribution is -2.23. The van der Waals surface area contributed by atoms with Crippen molar-refractivity contribution in [3.63, 3.8) is 0 Å². The molecule has 4 aromatic heterocycles. The van der Waals surface area contributed by atoms with E-state index in [0.717, 1.165) is 61.7 Å². The van der Waals surface area contributed by atoms with Crippen molar-refractivity contribution in [3.8, 4) is 22.5 Å². The third-order valence-electron chi connectivity index (χ3n) is 7.03. The van der Waals surface area contributed by atoms with Crippen molar-refractivity contribution in [3.05, 3.63) is 131 Å². The Morgan fingerprint density at radius 2 is 1.83 bits per heavy atom. The van der Waals surface area contributed by atoms with Crippen LogP contribution in [0.4, 0.5) is 4.39 Å². The fourth-order valence-corrected chi connectivity index (χ4v) is 4.96. The summed E-state index contributed by atoms with van der Waals surface area (Å²) >= 11 is 0. The topological polar surface area (TPSA) is 82.3 Å². The summed E-state index contributed by atoms with van der Waals surface area (Å²) in [7, 11) is 0. The van der Waals surface area contributed by atoms with E-state index >= 15 is 0 Å². The predicted molar refractivity (Wildman–Crippen MR) is 163 cm³/mol. The second-order valence-electron chi connectivity index (χ2n) is 9.84. The molecule has 6 rings (SSSR count). The summed E-state index contributed by atoms with van der Waals surface area (Å²) in [5.41, 5.74) is 8.01. The van der Waals surface area contributed by atoms with Crippen LogP contribution in [0.5, 0.6) is 0 Å². The molecule has 7 heteroatoms. The van der Waals surface area contributed by atoms with Crippen molar-refractivity contribution in [1.82, 2.24) is 30.5 Å². The van der Waals surface area contributed by atoms with E-state index in [1.165, 1.54) is 17.7 Å². The van der Waals surface area contributed by atoms with Gasteiger partial charge in [0.25, 0.3) is 0 Å². The van der Waals surface area contributed by atoms with Gasteiger partial charge in [0.1, 0.15) is 17.2 Å². The van der Waals surface area contributed by atoms with E-state index in [1.54, 1.807) is 12.3 Å². The first-order chi connectivity index (χ1) is 20.1. The van der Waals surface area contributed by atoms with Gasteiger partial charge in [-0.25, -0.2) is 9.37 Å². The average Bonchev–Trinajstić information content (AvgIpc) is 3.61. The zero-order valence-corrected chi connectivity index (χ0v) is 22.7. The molecule has 202 valence electrons. The molecule has 4 heterocycles. The number of benzene rings is 2. The van der Waals surface area contributed by atoms with Crippen molar-refractivity contribution in [2.24, 2.45) is 0 Å². The summed E-state index contributed by atoms with van der Waals surface area (Å²) in [6, 6.07) is 22.9. The van der Waals surface area contributed by atoms with Gasteiger partial charge in [-0.2, -0.15) is 5.10 Å². The number of pyridine rings is 2. The Hall–Kier alpha value is -5.14. The molecule has 0 bridgehead atoms. The van der Waals surface area contributed by atoms with E-state index in [9.17, 15) is 4.39 Å². The summed E-state index contributed by atoms with van der Waals surface area (Å²) in [5, 5.41) is 13.9. The Kier molecular flexibility index (Phi) is 7.34. The number of halogens is 1. The Morgan fingerprint density at radius 1 is 0.976 bits per heavy atom. The highest BCUT2D eigenvalue weighted by molar-refractivity contribution is 5.96. The zero-order chi connectivity index (χ0) is 28.2. The van der Waals surface area contributed by atoms with Crippen LogP contribution in [0.1, 0.15) is 23.6 Å². The van der Waals surface area contributed by atoms with Gasteiger partial charge in [0.2, 0.25) is 0 Å². The normalized spacial score (nSPS) is 12.3. The zero-order valence-electron chi connectivity index (χ0n) is 22.7. The number of nitrogens with one attached hydrogen (secondary N) is 3. The molecule has 0 atom stereocenters. The van der Waals surface area contributed by atoms with E-state index in [2.05, 4.69) is 55.2 Å². The van der Waals surface area contributed by atoms with Crippen LogP contribution in [0.25, 0.3) is 51.3 Å². The maximum Gasteiger partial charge on any atom is 0.138 e. The van der Waals surface area contributed by atoms with Gasteiger partial charge in [-0.3, -0.25) is 10.1 Å². The lowest BCUT2D eigenvalue weighted by Gasteiger charge is -2.07. The van der Waals surface area contributed by atoms with Crippen LogP contribution in [0.3, 0.4) is 0 Å². The Balaban J connectivity index is 1.31. The summed E-state index contributed by atoms with van der Waals surface area (Å²) < 4.78 is 14.0. The first kappa shape index (κ1) is 26.1. The van der Waals surface area contributed by atoms with Crippen LogP contribution < -0.4 is 15.9 Å². The summed E-state index contributed by atoms with van der Waals surface area (Å²) in [6.45, 7) is 7.80.